The molecule has 0 aromatic carbocycles. The Morgan fingerprint density at radius 3 is 2.43 bits per heavy atom. The first-order chi connectivity index (χ1) is 10.6. The van der Waals surface area contributed by atoms with E-state index in [9.17, 15) is 18.0 Å². The van der Waals surface area contributed by atoms with Gasteiger partial charge in [-0.1, -0.05) is 13.8 Å². The summed E-state index contributed by atoms with van der Waals surface area (Å²) in [6, 6.07) is 0.437. The number of likely N-dealkylation sites (N-methyl/N-ethyl adjacent to an activating group) is 1. The second kappa shape index (κ2) is 7.89. The van der Waals surface area contributed by atoms with Crippen molar-refractivity contribution in [3.63, 3.8) is 0 Å². The Balaban J connectivity index is 3.14. The molecule has 0 bridgehead atoms. The lowest BCUT2D eigenvalue weighted by Crippen LogP contribution is -2.46. The fourth-order valence-corrected chi connectivity index (χ4v) is 4.52. The smallest absolute Gasteiger partial charge is 0.349 e. The summed E-state index contributed by atoms with van der Waals surface area (Å²) in [6.45, 7) is 3.80. The molecule has 1 N–H and O–H groups in total. The highest BCUT2D eigenvalue weighted by molar-refractivity contribution is 7.89. The summed E-state index contributed by atoms with van der Waals surface area (Å²) in [7, 11) is 0.297. The van der Waals surface area contributed by atoms with Gasteiger partial charge in [0, 0.05) is 14.1 Å². The molecule has 1 unspecified atom stereocenters. The minimum Gasteiger partial charge on any atom is -0.465 e. The summed E-state index contributed by atoms with van der Waals surface area (Å²) in [5.41, 5.74) is 0. The van der Waals surface area contributed by atoms with Crippen LogP contribution in [0.15, 0.2) is 16.3 Å². The Morgan fingerprint density at radius 2 is 1.96 bits per heavy atom. The fraction of sp³-hybridized carbons (Fsp3) is 0.571. The summed E-state index contributed by atoms with van der Waals surface area (Å²) < 4.78 is 32.1. The Bertz CT molecular complexity index is 664. The van der Waals surface area contributed by atoms with E-state index in [-0.39, 0.29) is 21.6 Å². The van der Waals surface area contributed by atoms with Gasteiger partial charge in [0.2, 0.25) is 15.9 Å². The molecule has 0 saturated heterocycles. The molecule has 1 atom stereocenters. The third-order valence-corrected chi connectivity index (χ3v) is 5.57. The lowest BCUT2D eigenvalue weighted by molar-refractivity contribution is -0.130. The average Bonchev–Trinajstić information content (AvgIpc) is 2.94. The van der Waals surface area contributed by atoms with Crippen LogP contribution >= 0.6 is 11.3 Å². The van der Waals surface area contributed by atoms with Crippen molar-refractivity contribution in [2.45, 2.75) is 31.2 Å². The third kappa shape index (κ3) is 5.02. The van der Waals surface area contributed by atoms with Crippen molar-refractivity contribution in [1.82, 2.24) is 9.62 Å². The van der Waals surface area contributed by atoms with Crippen LogP contribution in [0.3, 0.4) is 0 Å². The molecule has 0 aliphatic carbocycles. The zero-order valence-corrected chi connectivity index (χ0v) is 15.5. The van der Waals surface area contributed by atoms with Gasteiger partial charge in [-0.3, -0.25) is 4.79 Å². The van der Waals surface area contributed by atoms with Gasteiger partial charge >= 0.3 is 5.97 Å². The number of carbonyl (C=O) groups is 2. The van der Waals surface area contributed by atoms with Crippen molar-refractivity contribution in [2.24, 2.45) is 5.92 Å². The summed E-state index contributed by atoms with van der Waals surface area (Å²) in [6.07, 6.45) is 0.355. The van der Waals surface area contributed by atoms with Crippen LogP contribution < -0.4 is 4.72 Å². The van der Waals surface area contributed by atoms with E-state index < -0.39 is 22.0 Å². The minimum atomic E-state index is -4.01. The predicted octanol–water partition coefficient (Wildman–Crippen LogP) is 1.32. The molecule has 0 fully saturated rings. The van der Waals surface area contributed by atoms with Gasteiger partial charge in [0.05, 0.1) is 7.11 Å². The van der Waals surface area contributed by atoms with E-state index >= 15 is 0 Å². The molecule has 7 nitrogen and oxygen atoms in total. The maximum Gasteiger partial charge on any atom is 0.349 e. The zero-order valence-electron chi connectivity index (χ0n) is 13.8. The number of nitrogens with zero attached hydrogens (tertiary/aromatic N) is 1. The van der Waals surface area contributed by atoms with Crippen molar-refractivity contribution in [3.05, 3.63) is 16.3 Å². The van der Waals surface area contributed by atoms with Crippen LogP contribution in [0, 0.1) is 5.92 Å². The molecule has 130 valence electrons. The first kappa shape index (κ1) is 19.6. The molecule has 1 amide bonds. The Morgan fingerprint density at radius 1 is 1.35 bits per heavy atom. The molecule has 1 aromatic heterocycles. The molecular formula is C14H22N2O5S2. The highest BCUT2D eigenvalue weighted by Crippen LogP contribution is 2.23. The topological polar surface area (TPSA) is 92.8 Å². The number of ether oxygens (including phenoxy) is 1. The quantitative estimate of drug-likeness (QED) is 0.739. The number of hydrogen-bond donors (Lipinski definition) is 1. The van der Waals surface area contributed by atoms with Crippen LogP contribution in [-0.2, 0) is 19.6 Å². The number of carbonyl (C=O) groups excluding carboxylic acids is 2. The molecule has 1 aromatic rings. The van der Waals surface area contributed by atoms with Crippen molar-refractivity contribution >= 4 is 33.2 Å². The van der Waals surface area contributed by atoms with E-state index in [1.807, 2.05) is 13.8 Å². The summed E-state index contributed by atoms with van der Waals surface area (Å²) in [5, 5.41) is 1.49. The van der Waals surface area contributed by atoms with Crippen molar-refractivity contribution in [3.8, 4) is 0 Å². The van der Waals surface area contributed by atoms with Crippen LogP contribution in [0.4, 0.5) is 0 Å². The number of nitrogens with one attached hydrogen (secondary N) is 1. The molecule has 0 spiro atoms. The molecule has 0 radical (unpaired) electrons. The van der Waals surface area contributed by atoms with E-state index in [1.54, 1.807) is 14.1 Å². The van der Waals surface area contributed by atoms with Gasteiger partial charge in [-0.05, 0) is 23.8 Å². The second-order valence-corrected chi connectivity index (χ2v) is 8.24. The number of hydrogen-bond acceptors (Lipinski definition) is 6. The van der Waals surface area contributed by atoms with E-state index in [0.717, 1.165) is 11.3 Å². The Labute approximate surface area is 140 Å². The number of sulfonamides is 1. The van der Waals surface area contributed by atoms with Gasteiger partial charge in [-0.2, -0.15) is 4.72 Å². The number of methoxy groups -OCH3 is 1. The number of rotatable bonds is 7. The highest BCUT2D eigenvalue weighted by Gasteiger charge is 2.31. The largest absolute Gasteiger partial charge is 0.465 e. The Kier molecular flexibility index (Phi) is 6.72. The summed E-state index contributed by atoms with van der Waals surface area (Å²) >= 11 is 0.976. The maximum atomic E-state index is 12.6. The summed E-state index contributed by atoms with van der Waals surface area (Å²) in [4.78, 5) is 25.0. The van der Waals surface area contributed by atoms with E-state index in [0.29, 0.717) is 6.42 Å². The first-order valence-electron chi connectivity index (χ1n) is 6.99. The Hall–Kier alpha value is -1.45. The van der Waals surface area contributed by atoms with Crippen LogP contribution in [0.5, 0.6) is 0 Å². The molecule has 1 rings (SSSR count). The maximum absolute atomic E-state index is 12.6. The number of amides is 1. The van der Waals surface area contributed by atoms with Crippen LogP contribution in [-0.4, -0.2) is 52.4 Å². The van der Waals surface area contributed by atoms with Crippen LogP contribution in [0.2, 0.25) is 0 Å². The molecule has 9 heteroatoms. The lowest BCUT2D eigenvalue weighted by atomic mass is 10.0. The number of thiophene rings is 1. The first-order valence-corrected chi connectivity index (χ1v) is 9.35. The molecule has 0 saturated carbocycles. The molecule has 1 heterocycles. The van der Waals surface area contributed by atoms with Gasteiger partial charge in [0.15, 0.2) is 0 Å². The third-order valence-electron chi connectivity index (χ3n) is 3.03. The minimum absolute atomic E-state index is 0.0133. The fourth-order valence-electron chi connectivity index (χ4n) is 1.98. The normalized spacial score (nSPS) is 13.0. The van der Waals surface area contributed by atoms with Gasteiger partial charge in [0.25, 0.3) is 0 Å². The number of esters is 1. The standard InChI is InChI=1S/C14H22N2O5S2/c1-9(2)8-10(13(17)16(3)4)15-23(19,20)11-6-7-22-12(11)14(18)21-5/h6-7,9-10,15H,8H2,1-5H3. The van der Waals surface area contributed by atoms with Crippen LogP contribution in [0.1, 0.15) is 29.9 Å². The molecular weight excluding hydrogens is 340 g/mol. The highest BCUT2D eigenvalue weighted by atomic mass is 32.2. The van der Waals surface area contributed by atoms with Gasteiger partial charge in [-0.15, -0.1) is 11.3 Å². The zero-order chi connectivity index (χ0) is 17.8. The molecule has 0 aliphatic rings. The van der Waals surface area contributed by atoms with Crippen molar-refractivity contribution < 1.29 is 22.7 Å². The van der Waals surface area contributed by atoms with Crippen molar-refractivity contribution in [2.75, 3.05) is 21.2 Å². The van der Waals surface area contributed by atoms with Crippen molar-refractivity contribution in [1.29, 1.82) is 0 Å². The van der Waals surface area contributed by atoms with Gasteiger partial charge in [-0.25, -0.2) is 13.2 Å². The average molecular weight is 362 g/mol. The summed E-state index contributed by atoms with van der Waals surface area (Å²) in [5.74, 6) is -0.939. The van der Waals surface area contributed by atoms with E-state index in [1.165, 1.54) is 23.5 Å². The SMILES string of the molecule is COC(=O)c1sccc1S(=O)(=O)NC(CC(C)C)C(=O)N(C)C. The van der Waals surface area contributed by atoms with Crippen LogP contribution in [0.25, 0.3) is 0 Å². The monoisotopic (exact) mass is 362 g/mol. The van der Waals surface area contributed by atoms with Gasteiger partial charge in [0.1, 0.15) is 15.8 Å². The molecule has 0 aliphatic heterocycles. The predicted molar refractivity (Wildman–Crippen MR) is 87.9 cm³/mol. The lowest BCUT2D eigenvalue weighted by Gasteiger charge is -2.23. The van der Waals surface area contributed by atoms with E-state index in [2.05, 4.69) is 9.46 Å². The van der Waals surface area contributed by atoms with E-state index in [4.69, 9.17) is 0 Å². The second-order valence-electron chi connectivity index (χ2n) is 5.64. The molecule has 23 heavy (non-hydrogen) atoms. The van der Waals surface area contributed by atoms with Gasteiger partial charge < -0.3 is 9.64 Å².